The molecule has 0 fully saturated rings. The highest BCUT2D eigenvalue weighted by Crippen LogP contribution is 2.59. The van der Waals surface area contributed by atoms with Gasteiger partial charge >= 0.3 is 10.8 Å². The van der Waals surface area contributed by atoms with Crippen molar-refractivity contribution in [3.8, 4) is 5.75 Å². The monoisotopic (exact) mass is 449 g/mol. The van der Waals surface area contributed by atoms with Crippen molar-refractivity contribution < 1.29 is 13.9 Å². The van der Waals surface area contributed by atoms with Crippen LogP contribution in [0.5, 0.6) is 5.75 Å². The van der Waals surface area contributed by atoms with Crippen molar-refractivity contribution in [1.29, 1.82) is 0 Å². The van der Waals surface area contributed by atoms with E-state index in [1.807, 2.05) is 31.2 Å². The Morgan fingerprint density at radius 2 is 2.04 bits per heavy atom. The number of nitrogens with one attached hydrogen (secondary N) is 1. The number of carbonyl (C=O) groups is 1. The molecule has 0 amide bonds. The second kappa shape index (κ2) is 5.87. The van der Waals surface area contributed by atoms with Crippen molar-refractivity contribution in [1.82, 2.24) is 4.98 Å². The van der Waals surface area contributed by atoms with Crippen molar-refractivity contribution in [2.45, 2.75) is 23.1 Å². The first kappa shape index (κ1) is 16.4. The number of thioether (sulfide) groups is 1. The van der Waals surface area contributed by atoms with Crippen LogP contribution in [-0.4, -0.2) is 11.0 Å². The van der Waals surface area contributed by atoms with Crippen LogP contribution in [0.25, 0.3) is 0 Å². The summed E-state index contributed by atoms with van der Waals surface area (Å²) in [5.41, 5.74) is 0.911. The first-order valence-electron chi connectivity index (χ1n) is 7.98. The van der Waals surface area contributed by atoms with Crippen LogP contribution in [0.3, 0.4) is 0 Å². The minimum Gasteiger partial charge on any atom is -0.465 e. The number of hydrogen-bond donors (Lipinski definition) is 1. The lowest BCUT2D eigenvalue weighted by atomic mass is 9.79. The molecule has 2 aliphatic rings. The molecule has 3 aromatic rings. The maximum atomic E-state index is 12.9. The van der Waals surface area contributed by atoms with Gasteiger partial charge < -0.3 is 14.1 Å². The van der Waals surface area contributed by atoms with Crippen molar-refractivity contribution in [2.24, 2.45) is 5.92 Å². The fraction of sp³-hybridized carbons (Fsp3) is 0.222. The van der Waals surface area contributed by atoms with Crippen molar-refractivity contribution in [2.75, 3.05) is 0 Å². The first-order chi connectivity index (χ1) is 12.5. The molecule has 2 aliphatic heterocycles. The Balaban J connectivity index is 1.75. The second-order valence-corrected chi connectivity index (χ2v) is 9.38. The van der Waals surface area contributed by atoms with Gasteiger partial charge in [0.25, 0.3) is 0 Å². The van der Waals surface area contributed by atoms with Crippen LogP contribution in [0, 0.1) is 12.8 Å². The standard InChI is InChI=1S/C18H12BrNO4S2/c1-7-2-4-11(23-7)14-13-12(15-16(25-14)20-18(22)26-15)9-6-8(19)3-5-10(9)24-17(13)21/h2-6,12-14H,1H3,(H,20,22)/t12-,13+,14+/m1/s1. The summed E-state index contributed by atoms with van der Waals surface area (Å²) in [6.07, 6.45) is 0. The number of aromatic nitrogens is 1. The number of aryl methyl sites for hydroxylation is 1. The summed E-state index contributed by atoms with van der Waals surface area (Å²) in [5.74, 6) is 1.07. The maximum Gasteiger partial charge on any atom is 0.316 e. The summed E-state index contributed by atoms with van der Waals surface area (Å²) in [6, 6.07) is 9.38. The van der Waals surface area contributed by atoms with Crippen LogP contribution in [0.2, 0.25) is 0 Å². The summed E-state index contributed by atoms with van der Waals surface area (Å²) >= 11 is 6.13. The Morgan fingerprint density at radius 3 is 2.81 bits per heavy atom. The molecule has 0 aliphatic carbocycles. The van der Waals surface area contributed by atoms with E-state index in [1.165, 1.54) is 11.8 Å². The summed E-state index contributed by atoms with van der Waals surface area (Å²) in [7, 11) is 0. The lowest BCUT2D eigenvalue weighted by molar-refractivity contribution is -0.141. The summed E-state index contributed by atoms with van der Waals surface area (Å²) in [5, 5.41) is 0.548. The van der Waals surface area contributed by atoms with Gasteiger partial charge in [-0.3, -0.25) is 9.59 Å². The minimum absolute atomic E-state index is 0.118. The fourth-order valence-corrected chi connectivity index (χ4v) is 6.54. The van der Waals surface area contributed by atoms with Gasteiger partial charge in [0.05, 0.1) is 16.2 Å². The molecule has 2 aromatic heterocycles. The molecule has 1 aromatic carbocycles. The number of carbonyl (C=O) groups excluding carboxylic acids is 1. The third-order valence-electron chi connectivity index (χ3n) is 4.69. The molecule has 3 atom stereocenters. The van der Waals surface area contributed by atoms with E-state index in [1.54, 1.807) is 6.07 Å². The average Bonchev–Trinajstić information content (AvgIpc) is 3.19. The molecule has 0 radical (unpaired) electrons. The predicted octanol–water partition coefficient (Wildman–Crippen LogP) is 4.61. The summed E-state index contributed by atoms with van der Waals surface area (Å²) in [4.78, 5) is 28.6. The lowest BCUT2D eigenvalue weighted by Gasteiger charge is -2.38. The Hall–Kier alpha value is -1.77. The number of ether oxygens (including phenoxy) is 1. The number of halogens is 1. The molecular formula is C18H12BrNO4S2. The quantitative estimate of drug-likeness (QED) is 0.433. The van der Waals surface area contributed by atoms with Gasteiger partial charge in [0, 0.05) is 20.8 Å². The zero-order valence-corrected chi connectivity index (χ0v) is 16.7. The number of H-pyrrole nitrogens is 1. The molecule has 8 heteroatoms. The zero-order chi connectivity index (χ0) is 18.0. The largest absolute Gasteiger partial charge is 0.465 e. The van der Waals surface area contributed by atoms with Crippen LogP contribution >= 0.6 is 39.0 Å². The van der Waals surface area contributed by atoms with Crippen LogP contribution in [0.15, 0.2) is 49.0 Å². The molecule has 0 bridgehead atoms. The SMILES string of the molecule is Cc1ccc([C@@H]2Sc3[nH]c(=O)sc3[C@@H]3c4cc(Br)ccc4OC(=O)[C@@H]32)o1. The van der Waals surface area contributed by atoms with Gasteiger partial charge in [0.15, 0.2) is 0 Å². The predicted molar refractivity (Wildman–Crippen MR) is 102 cm³/mol. The van der Waals surface area contributed by atoms with E-state index in [4.69, 9.17) is 9.15 Å². The Bertz CT molecular complexity index is 1100. The normalized spacial score (nSPS) is 23.8. The number of aromatic amines is 1. The summed E-state index contributed by atoms with van der Waals surface area (Å²) in [6.45, 7) is 1.87. The topological polar surface area (TPSA) is 72.3 Å². The molecule has 0 spiro atoms. The fourth-order valence-electron chi connectivity index (χ4n) is 3.62. The van der Waals surface area contributed by atoms with Gasteiger partial charge in [0.1, 0.15) is 17.3 Å². The van der Waals surface area contributed by atoms with E-state index < -0.39 is 5.92 Å². The molecule has 5 rings (SSSR count). The second-order valence-electron chi connectivity index (χ2n) is 6.30. The minimum atomic E-state index is -0.453. The van der Waals surface area contributed by atoms with Crippen LogP contribution < -0.4 is 9.61 Å². The van der Waals surface area contributed by atoms with Crippen molar-refractivity contribution >= 4 is 45.0 Å². The Morgan fingerprint density at radius 1 is 1.19 bits per heavy atom. The van der Waals surface area contributed by atoms with Gasteiger partial charge in [0.2, 0.25) is 0 Å². The van der Waals surface area contributed by atoms with E-state index >= 15 is 0 Å². The molecule has 4 heterocycles. The van der Waals surface area contributed by atoms with Gasteiger partial charge in [-0.2, -0.15) is 0 Å². The number of fused-ring (bicyclic) bond motifs is 5. The zero-order valence-electron chi connectivity index (χ0n) is 13.4. The van der Waals surface area contributed by atoms with Crippen LogP contribution in [0.4, 0.5) is 0 Å². The molecule has 132 valence electrons. The van der Waals surface area contributed by atoms with Crippen molar-refractivity contribution in [3.05, 3.63) is 66.4 Å². The smallest absolute Gasteiger partial charge is 0.316 e. The Kier molecular flexibility index (Phi) is 3.70. The third kappa shape index (κ3) is 2.43. The molecule has 1 N–H and O–H groups in total. The molecule has 0 saturated heterocycles. The number of esters is 1. The number of hydrogen-bond acceptors (Lipinski definition) is 6. The highest BCUT2D eigenvalue weighted by atomic mass is 79.9. The molecule has 5 nitrogen and oxygen atoms in total. The van der Waals surface area contributed by atoms with Gasteiger partial charge in [-0.25, -0.2) is 0 Å². The number of rotatable bonds is 1. The maximum absolute atomic E-state index is 12.9. The van der Waals surface area contributed by atoms with E-state index in [-0.39, 0.29) is 22.0 Å². The Labute approximate surface area is 164 Å². The van der Waals surface area contributed by atoms with Gasteiger partial charge in [-0.05, 0) is 37.3 Å². The highest BCUT2D eigenvalue weighted by molar-refractivity contribution is 9.10. The van der Waals surface area contributed by atoms with E-state index in [0.29, 0.717) is 5.75 Å². The van der Waals surface area contributed by atoms with E-state index in [0.717, 1.165) is 42.8 Å². The lowest BCUT2D eigenvalue weighted by Crippen LogP contribution is -2.37. The van der Waals surface area contributed by atoms with Crippen LogP contribution in [-0.2, 0) is 4.79 Å². The van der Waals surface area contributed by atoms with Gasteiger partial charge in [-0.15, -0.1) is 0 Å². The number of thiazole rings is 1. The van der Waals surface area contributed by atoms with Gasteiger partial charge in [-0.1, -0.05) is 39.0 Å². The summed E-state index contributed by atoms with van der Waals surface area (Å²) < 4.78 is 12.4. The molecule has 26 heavy (non-hydrogen) atoms. The van der Waals surface area contributed by atoms with E-state index in [9.17, 15) is 9.59 Å². The van der Waals surface area contributed by atoms with E-state index in [2.05, 4.69) is 20.9 Å². The molecule has 0 unspecified atom stereocenters. The molecular weight excluding hydrogens is 438 g/mol. The van der Waals surface area contributed by atoms with Crippen molar-refractivity contribution in [3.63, 3.8) is 0 Å². The highest BCUT2D eigenvalue weighted by Gasteiger charge is 2.50. The third-order valence-corrected chi connectivity index (χ3v) is 7.61. The first-order valence-corrected chi connectivity index (χ1v) is 10.5. The molecule has 0 saturated carbocycles. The van der Waals surface area contributed by atoms with Crippen LogP contribution in [0.1, 0.15) is 33.1 Å². The number of benzene rings is 1. The number of furan rings is 1. The average molecular weight is 450 g/mol.